The molecule has 0 unspecified atom stereocenters. The molecule has 1 saturated heterocycles. The van der Waals surface area contributed by atoms with Crippen molar-refractivity contribution in [2.75, 3.05) is 45.4 Å². The average molecular weight is 407 g/mol. The lowest BCUT2D eigenvalue weighted by atomic mass is 9.80. The molecule has 0 atom stereocenters. The van der Waals surface area contributed by atoms with Gasteiger partial charge in [-0.25, -0.2) is 4.99 Å². The van der Waals surface area contributed by atoms with Gasteiger partial charge in [-0.15, -0.1) is 0 Å². The second-order valence-corrected chi connectivity index (χ2v) is 8.85. The van der Waals surface area contributed by atoms with Gasteiger partial charge in [-0.2, -0.15) is 11.8 Å². The Bertz CT molecular complexity index is 656. The summed E-state index contributed by atoms with van der Waals surface area (Å²) in [6.45, 7) is 3.79. The zero-order valence-electron chi connectivity index (χ0n) is 17.2. The molecule has 2 fully saturated rings. The van der Waals surface area contributed by atoms with Crippen LogP contribution >= 0.6 is 11.8 Å². The molecule has 1 heterocycles. The maximum Gasteiger partial charge on any atom is 0.188 e. The topological polar surface area (TPSA) is 72.1 Å². The van der Waals surface area contributed by atoms with E-state index in [0.717, 1.165) is 17.9 Å². The summed E-state index contributed by atoms with van der Waals surface area (Å²) in [5.41, 5.74) is 7.50. The molecule has 7 heteroatoms. The van der Waals surface area contributed by atoms with E-state index in [1.807, 2.05) is 18.2 Å². The van der Waals surface area contributed by atoms with Crippen molar-refractivity contribution in [3.63, 3.8) is 0 Å². The average Bonchev–Trinajstić information content (AvgIpc) is 2.77. The van der Waals surface area contributed by atoms with Crippen LogP contribution in [0.1, 0.15) is 37.7 Å². The Balaban J connectivity index is 1.60. The van der Waals surface area contributed by atoms with Crippen LogP contribution in [-0.4, -0.2) is 61.8 Å². The molecule has 6 nitrogen and oxygen atoms in total. The van der Waals surface area contributed by atoms with E-state index >= 15 is 0 Å². The molecular formula is C21H34N4O2S. The van der Waals surface area contributed by atoms with Gasteiger partial charge in [-0.3, -0.25) is 4.90 Å². The number of nitrogens with zero attached hydrogens (tertiary/aromatic N) is 2. The first-order valence-corrected chi connectivity index (χ1v) is 11.4. The summed E-state index contributed by atoms with van der Waals surface area (Å²) < 4.78 is 10.7. The minimum atomic E-state index is 0.239. The van der Waals surface area contributed by atoms with Crippen LogP contribution in [0.4, 0.5) is 0 Å². The number of methoxy groups -OCH3 is 2. The van der Waals surface area contributed by atoms with E-state index in [1.54, 1.807) is 14.2 Å². The molecule has 3 rings (SSSR count). The lowest BCUT2D eigenvalue weighted by Gasteiger charge is -2.48. The molecule has 3 N–H and O–H groups in total. The van der Waals surface area contributed by atoms with Gasteiger partial charge in [0.2, 0.25) is 0 Å². The summed E-state index contributed by atoms with van der Waals surface area (Å²) in [6, 6.07) is 5.84. The maximum absolute atomic E-state index is 6.21. The second kappa shape index (κ2) is 10.3. The summed E-state index contributed by atoms with van der Waals surface area (Å²) in [5, 5.41) is 3.44. The van der Waals surface area contributed by atoms with Crippen molar-refractivity contribution in [2.45, 2.75) is 44.2 Å². The summed E-state index contributed by atoms with van der Waals surface area (Å²) in [5.74, 6) is 4.44. The molecule has 1 aromatic rings. The van der Waals surface area contributed by atoms with Gasteiger partial charge in [0, 0.05) is 36.7 Å². The van der Waals surface area contributed by atoms with E-state index in [-0.39, 0.29) is 5.54 Å². The molecule has 0 amide bonds. The normalized spacial score (nSPS) is 20.6. The number of guanidine groups is 1. The Hall–Kier alpha value is -1.60. The van der Waals surface area contributed by atoms with Gasteiger partial charge in [0.05, 0.1) is 20.8 Å². The number of hydrogen-bond acceptors (Lipinski definition) is 5. The van der Waals surface area contributed by atoms with E-state index < -0.39 is 0 Å². The van der Waals surface area contributed by atoms with Crippen LogP contribution in [0.2, 0.25) is 0 Å². The lowest BCUT2D eigenvalue weighted by Crippen LogP contribution is -2.59. The van der Waals surface area contributed by atoms with Crippen LogP contribution < -0.4 is 20.5 Å². The molecule has 0 aromatic heterocycles. The largest absolute Gasteiger partial charge is 0.493 e. The van der Waals surface area contributed by atoms with E-state index in [1.165, 1.54) is 56.7 Å². The number of hydrogen-bond donors (Lipinski definition) is 2. The smallest absolute Gasteiger partial charge is 0.188 e. The Kier molecular flexibility index (Phi) is 7.73. The van der Waals surface area contributed by atoms with E-state index in [4.69, 9.17) is 15.2 Å². The minimum absolute atomic E-state index is 0.239. The summed E-state index contributed by atoms with van der Waals surface area (Å²) in [4.78, 5) is 7.26. The molecule has 0 radical (unpaired) electrons. The number of nitrogens with one attached hydrogen (secondary N) is 1. The highest BCUT2D eigenvalue weighted by atomic mass is 32.2. The highest BCUT2D eigenvalue weighted by Crippen LogP contribution is 2.34. The molecule has 0 bridgehead atoms. The highest BCUT2D eigenvalue weighted by Gasteiger charge is 2.38. The van der Waals surface area contributed by atoms with Gasteiger partial charge in [0.1, 0.15) is 0 Å². The first-order valence-electron chi connectivity index (χ1n) is 10.2. The first-order chi connectivity index (χ1) is 13.7. The Morgan fingerprint density at radius 3 is 2.54 bits per heavy atom. The van der Waals surface area contributed by atoms with Crippen LogP contribution in [0.25, 0.3) is 0 Å². The quantitative estimate of drug-likeness (QED) is 0.536. The van der Waals surface area contributed by atoms with Crippen LogP contribution in [0.5, 0.6) is 11.5 Å². The fourth-order valence-electron chi connectivity index (χ4n) is 4.32. The standard InChI is InChI=1S/C21H34N4O2S/c1-26-18-7-6-17(14-19(18)27-2)15-23-20(22)24-16-21(8-4-3-5-9-21)25-10-12-28-13-11-25/h6-7,14H,3-5,8-13,15-16H2,1-2H3,(H3,22,23,24). The predicted molar refractivity (Wildman–Crippen MR) is 118 cm³/mol. The van der Waals surface area contributed by atoms with E-state index in [2.05, 4.69) is 27.0 Å². The number of thioether (sulfide) groups is 1. The van der Waals surface area contributed by atoms with Crippen LogP contribution in [0, 0.1) is 0 Å². The summed E-state index contributed by atoms with van der Waals surface area (Å²) in [7, 11) is 3.28. The zero-order chi connectivity index (χ0) is 19.8. The number of rotatable bonds is 7. The van der Waals surface area contributed by atoms with Crippen LogP contribution in [-0.2, 0) is 6.54 Å². The van der Waals surface area contributed by atoms with Crippen molar-refractivity contribution in [3.8, 4) is 11.5 Å². The van der Waals surface area contributed by atoms with Crippen molar-refractivity contribution >= 4 is 17.7 Å². The Morgan fingerprint density at radius 2 is 1.86 bits per heavy atom. The molecule has 0 spiro atoms. The van der Waals surface area contributed by atoms with E-state index in [0.29, 0.717) is 18.3 Å². The molecule has 28 heavy (non-hydrogen) atoms. The predicted octanol–water partition coefficient (Wildman–Crippen LogP) is 2.86. The monoisotopic (exact) mass is 406 g/mol. The van der Waals surface area contributed by atoms with Gasteiger partial charge in [-0.05, 0) is 30.5 Å². The van der Waals surface area contributed by atoms with E-state index in [9.17, 15) is 0 Å². The van der Waals surface area contributed by atoms with Crippen molar-refractivity contribution < 1.29 is 9.47 Å². The summed E-state index contributed by atoms with van der Waals surface area (Å²) >= 11 is 2.07. The SMILES string of the molecule is COc1ccc(CN=C(N)NCC2(N3CCSCC3)CCCCC2)cc1OC. The third-order valence-electron chi connectivity index (χ3n) is 5.94. The van der Waals surface area contributed by atoms with Crippen molar-refractivity contribution in [2.24, 2.45) is 10.7 Å². The van der Waals surface area contributed by atoms with Gasteiger partial charge in [0.15, 0.2) is 17.5 Å². The first kappa shape index (κ1) is 21.1. The molecule has 1 aliphatic heterocycles. The fourth-order valence-corrected chi connectivity index (χ4v) is 5.22. The van der Waals surface area contributed by atoms with Gasteiger partial charge in [0.25, 0.3) is 0 Å². The number of nitrogens with two attached hydrogens (primary N) is 1. The summed E-state index contributed by atoms with van der Waals surface area (Å²) in [6.07, 6.45) is 6.50. The molecule has 1 aliphatic carbocycles. The van der Waals surface area contributed by atoms with Gasteiger partial charge < -0.3 is 20.5 Å². The van der Waals surface area contributed by atoms with Gasteiger partial charge in [-0.1, -0.05) is 25.3 Å². The van der Waals surface area contributed by atoms with Crippen molar-refractivity contribution in [3.05, 3.63) is 23.8 Å². The molecular weight excluding hydrogens is 372 g/mol. The fraction of sp³-hybridized carbons (Fsp3) is 0.667. The number of benzene rings is 1. The van der Waals surface area contributed by atoms with Crippen molar-refractivity contribution in [1.82, 2.24) is 10.2 Å². The molecule has 2 aliphatic rings. The van der Waals surface area contributed by atoms with Crippen LogP contribution in [0.15, 0.2) is 23.2 Å². The molecule has 156 valence electrons. The maximum atomic E-state index is 6.21. The third-order valence-corrected chi connectivity index (χ3v) is 6.89. The van der Waals surface area contributed by atoms with Gasteiger partial charge >= 0.3 is 0 Å². The Morgan fingerprint density at radius 1 is 1.14 bits per heavy atom. The van der Waals surface area contributed by atoms with Crippen LogP contribution in [0.3, 0.4) is 0 Å². The molecule has 1 saturated carbocycles. The molecule has 1 aromatic carbocycles. The minimum Gasteiger partial charge on any atom is -0.493 e. The second-order valence-electron chi connectivity index (χ2n) is 7.63. The third kappa shape index (κ3) is 5.26. The number of aliphatic imine (C=N–C) groups is 1. The zero-order valence-corrected chi connectivity index (χ0v) is 18.0. The van der Waals surface area contributed by atoms with Crippen molar-refractivity contribution in [1.29, 1.82) is 0 Å². The highest BCUT2D eigenvalue weighted by molar-refractivity contribution is 7.99. The number of ether oxygens (including phenoxy) is 2. The Labute approximate surface area is 173 Å². The lowest BCUT2D eigenvalue weighted by molar-refractivity contribution is 0.0627.